The first-order valence-electron chi connectivity index (χ1n) is 10.2. The molecule has 3 N–H and O–H groups in total. The Labute approximate surface area is 187 Å². The molecule has 31 heavy (non-hydrogen) atoms. The summed E-state index contributed by atoms with van der Waals surface area (Å²) in [6.45, 7) is 5.12. The molecule has 1 aromatic carbocycles. The number of benzene rings is 1. The molecule has 0 saturated carbocycles. The second kappa shape index (κ2) is 10.4. The average Bonchev–Trinajstić information content (AvgIpc) is 3.42. The first-order valence-corrected chi connectivity index (χ1v) is 11.0. The number of aromatic nitrogens is 3. The van der Waals surface area contributed by atoms with Gasteiger partial charge in [0.15, 0.2) is 11.8 Å². The summed E-state index contributed by atoms with van der Waals surface area (Å²) >= 11 is 1.53. The molecule has 3 rings (SSSR count). The number of aryl methyl sites for hydroxylation is 1. The number of aliphatic imine (C=N–C) groups is 1. The van der Waals surface area contributed by atoms with Crippen molar-refractivity contribution < 1.29 is 9.84 Å². The maximum Gasteiger partial charge on any atom is 0.191 e. The lowest BCUT2D eigenvalue weighted by Crippen LogP contribution is -2.44. The van der Waals surface area contributed by atoms with E-state index < -0.39 is 5.60 Å². The van der Waals surface area contributed by atoms with E-state index in [0.717, 1.165) is 28.7 Å². The van der Waals surface area contributed by atoms with Gasteiger partial charge in [-0.05, 0) is 49.4 Å². The highest BCUT2D eigenvalue weighted by Crippen LogP contribution is 2.24. The summed E-state index contributed by atoms with van der Waals surface area (Å²) in [7, 11) is 3.58. The highest BCUT2D eigenvalue weighted by molar-refractivity contribution is 7.10. The number of methoxy groups -OCH3 is 1. The Morgan fingerprint density at radius 2 is 2.00 bits per heavy atom. The molecular weight excluding hydrogens is 412 g/mol. The van der Waals surface area contributed by atoms with Crippen LogP contribution in [-0.4, -0.2) is 46.0 Å². The van der Waals surface area contributed by atoms with Gasteiger partial charge in [0, 0.05) is 18.5 Å². The Hall–Kier alpha value is -2.91. The Morgan fingerprint density at radius 1 is 1.23 bits per heavy atom. The molecule has 0 aliphatic heterocycles. The molecule has 8 nitrogen and oxygen atoms in total. The van der Waals surface area contributed by atoms with Crippen LogP contribution in [0, 0.1) is 6.92 Å². The molecule has 0 aliphatic rings. The number of rotatable bonds is 9. The van der Waals surface area contributed by atoms with Crippen LogP contribution in [0.3, 0.4) is 0 Å². The SMILES string of the molecule is COc1ccc(CCNC(=NCc2nnc(C)n2C)NCC(C)(O)c2cccs2)cc1. The zero-order valence-electron chi connectivity index (χ0n) is 18.4. The van der Waals surface area contributed by atoms with Crippen molar-refractivity contribution in [3.63, 3.8) is 0 Å². The van der Waals surface area contributed by atoms with Gasteiger partial charge >= 0.3 is 0 Å². The Bertz CT molecular complexity index is 980. The fraction of sp³-hybridized carbons (Fsp3) is 0.409. The summed E-state index contributed by atoms with van der Waals surface area (Å²) in [6, 6.07) is 11.9. The maximum absolute atomic E-state index is 10.8. The Kier molecular flexibility index (Phi) is 7.64. The van der Waals surface area contributed by atoms with Gasteiger partial charge < -0.3 is 25.0 Å². The quantitative estimate of drug-likeness (QED) is 0.348. The number of ether oxygens (including phenoxy) is 1. The van der Waals surface area contributed by atoms with Gasteiger partial charge in [0.05, 0.1) is 13.7 Å². The molecule has 0 fully saturated rings. The number of aliphatic hydroxyl groups is 1. The summed E-state index contributed by atoms with van der Waals surface area (Å²) in [5.41, 5.74) is 0.204. The van der Waals surface area contributed by atoms with E-state index in [0.29, 0.717) is 25.6 Å². The minimum atomic E-state index is -0.992. The number of guanidine groups is 1. The van der Waals surface area contributed by atoms with E-state index >= 15 is 0 Å². The highest BCUT2D eigenvalue weighted by atomic mass is 32.1. The molecule has 0 radical (unpaired) electrons. The van der Waals surface area contributed by atoms with Crippen LogP contribution in [0.5, 0.6) is 5.75 Å². The van der Waals surface area contributed by atoms with E-state index in [1.807, 2.05) is 48.2 Å². The van der Waals surface area contributed by atoms with E-state index in [-0.39, 0.29) is 0 Å². The first kappa shape index (κ1) is 22.8. The number of nitrogens with zero attached hydrogens (tertiary/aromatic N) is 4. The minimum Gasteiger partial charge on any atom is -0.497 e. The van der Waals surface area contributed by atoms with E-state index in [2.05, 4.69) is 38.0 Å². The van der Waals surface area contributed by atoms with Crippen molar-refractivity contribution in [2.75, 3.05) is 20.2 Å². The molecular formula is C22H30N6O2S. The van der Waals surface area contributed by atoms with Crippen LogP contribution in [0.1, 0.15) is 29.0 Å². The Balaban J connectivity index is 1.64. The largest absolute Gasteiger partial charge is 0.497 e. The normalized spacial score (nSPS) is 13.6. The van der Waals surface area contributed by atoms with Crippen LogP contribution in [0.4, 0.5) is 0 Å². The van der Waals surface area contributed by atoms with Crippen molar-refractivity contribution in [1.82, 2.24) is 25.4 Å². The second-order valence-corrected chi connectivity index (χ2v) is 8.46. The molecule has 2 heterocycles. The lowest BCUT2D eigenvalue weighted by molar-refractivity contribution is 0.0655. The van der Waals surface area contributed by atoms with E-state index in [4.69, 9.17) is 4.74 Å². The van der Waals surface area contributed by atoms with Crippen molar-refractivity contribution in [3.8, 4) is 5.75 Å². The summed E-state index contributed by atoms with van der Waals surface area (Å²) < 4.78 is 7.13. The van der Waals surface area contributed by atoms with Crippen LogP contribution in [0.15, 0.2) is 46.8 Å². The van der Waals surface area contributed by atoms with E-state index in [1.54, 1.807) is 14.0 Å². The number of thiophene rings is 1. The van der Waals surface area contributed by atoms with E-state index in [9.17, 15) is 5.11 Å². The molecule has 2 aromatic heterocycles. The third-order valence-corrected chi connectivity index (χ3v) is 6.20. The van der Waals surface area contributed by atoms with Gasteiger partial charge in [0.1, 0.15) is 23.7 Å². The third-order valence-electron chi connectivity index (χ3n) is 5.08. The molecule has 1 atom stereocenters. The predicted octanol–water partition coefficient (Wildman–Crippen LogP) is 2.38. The zero-order valence-corrected chi connectivity index (χ0v) is 19.2. The topological polar surface area (TPSA) is 96.6 Å². The van der Waals surface area contributed by atoms with Crippen molar-refractivity contribution in [2.24, 2.45) is 12.0 Å². The molecule has 9 heteroatoms. The van der Waals surface area contributed by atoms with Crippen LogP contribution in [0.25, 0.3) is 0 Å². The van der Waals surface area contributed by atoms with Crippen LogP contribution < -0.4 is 15.4 Å². The van der Waals surface area contributed by atoms with Gasteiger partial charge in [-0.15, -0.1) is 21.5 Å². The predicted molar refractivity (Wildman–Crippen MR) is 123 cm³/mol. The summed E-state index contributed by atoms with van der Waals surface area (Å²) in [6.07, 6.45) is 0.828. The molecule has 0 bridgehead atoms. The van der Waals surface area contributed by atoms with Crippen molar-refractivity contribution in [2.45, 2.75) is 32.4 Å². The number of hydrogen-bond donors (Lipinski definition) is 3. The van der Waals surface area contributed by atoms with Crippen LogP contribution >= 0.6 is 11.3 Å². The maximum atomic E-state index is 10.8. The number of nitrogens with one attached hydrogen (secondary N) is 2. The van der Waals surface area contributed by atoms with E-state index in [1.165, 1.54) is 16.9 Å². The molecule has 0 amide bonds. The molecule has 0 spiro atoms. The monoisotopic (exact) mass is 442 g/mol. The van der Waals surface area contributed by atoms with Gasteiger partial charge in [0.25, 0.3) is 0 Å². The van der Waals surface area contributed by atoms with Gasteiger partial charge in [-0.25, -0.2) is 4.99 Å². The zero-order chi connectivity index (χ0) is 22.3. The molecule has 3 aromatic rings. The second-order valence-electron chi connectivity index (χ2n) is 7.52. The van der Waals surface area contributed by atoms with Gasteiger partial charge in [-0.2, -0.15) is 0 Å². The lowest BCUT2D eigenvalue weighted by atomic mass is 10.1. The fourth-order valence-corrected chi connectivity index (χ4v) is 3.75. The summed E-state index contributed by atoms with van der Waals surface area (Å²) in [5.74, 6) is 3.08. The number of hydrogen-bond acceptors (Lipinski definition) is 6. The standard InChI is InChI=1S/C22H30N6O2S/c1-16-26-27-20(28(16)3)14-24-21(25-15-22(2,29)19-6-5-13-31-19)23-12-11-17-7-9-18(30-4)10-8-17/h5-10,13,29H,11-12,14-15H2,1-4H3,(H2,23,24,25). The summed E-state index contributed by atoms with van der Waals surface area (Å²) in [5, 5.41) is 27.7. The lowest BCUT2D eigenvalue weighted by Gasteiger charge is -2.24. The highest BCUT2D eigenvalue weighted by Gasteiger charge is 2.24. The fourth-order valence-electron chi connectivity index (χ4n) is 2.96. The van der Waals surface area contributed by atoms with Crippen molar-refractivity contribution in [3.05, 3.63) is 63.9 Å². The van der Waals surface area contributed by atoms with Crippen LogP contribution in [0.2, 0.25) is 0 Å². The van der Waals surface area contributed by atoms with Gasteiger partial charge in [0.2, 0.25) is 0 Å². The Morgan fingerprint density at radius 3 is 2.61 bits per heavy atom. The molecule has 0 aliphatic carbocycles. The molecule has 166 valence electrons. The van der Waals surface area contributed by atoms with Crippen LogP contribution in [-0.2, 0) is 25.6 Å². The van der Waals surface area contributed by atoms with Crippen molar-refractivity contribution in [1.29, 1.82) is 0 Å². The average molecular weight is 443 g/mol. The smallest absolute Gasteiger partial charge is 0.191 e. The van der Waals surface area contributed by atoms with Gasteiger partial charge in [-0.1, -0.05) is 18.2 Å². The van der Waals surface area contributed by atoms with Crippen molar-refractivity contribution >= 4 is 17.3 Å². The molecule has 0 saturated heterocycles. The first-order chi connectivity index (χ1) is 14.9. The molecule has 1 unspecified atom stereocenters. The minimum absolute atomic E-state index is 0.333. The third kappa shape index (κ3) is 6.28. The van der Waals surface area contributed by atoms with Gasteiger partial charge in [-0.3, -0.25) is 0 Å². The summed E-state index contributed by atoms with van der Waals surface area (Å²) in [4.78, 5) is 5.56.